The van der Waals surface area contributed by atoms with E-state index in [9.17, 15) is 5.11 Å². The van der Waals surface area contributed by atoms with E-state index in [1.807, 2.05) is 6.08 Å². The number of unbranched alkanes of at least 4 members (excludes halogenated alkanes) is 11. The summed E-state index contributed by atoms with van der Waals surface area (Å²) < 4.78 is 0. The number of allylic oxidation sites excluding steroid dienone is 2. The molecule has 1 unspecified atom stereocenters. The van der Waals surface area contributed by atoms with Gasteiger partial charge in [0.1, 0.15) is 6.23 Å². The Hall–Kier alpha value is -0.470. The standard InChI is InChI=1S/C21H39NO.ClH/c1-3-5-6-7-8-9-10-11-12-13-14-15-17-22-18-16-20(4-2)19-21(22)23;/h16,18-19,21,23H,3-15,17H2,1-2H3;1H. The van der Waals surface area contributed by atoms with Crippen molar-refractivity contribution in [2.75, 3.05) is 6.54 Å². The monoisotopic (exact) mass is 357 g/mol. The Bertz CT molecular complexity index is 341. The molecule has 1 N–H and O–H groups in total. The topological polar surface area (TPSA) is 23.5 Å². The van der Waals surface area contributed by atoms with E-state index < -0.39 is 6.23 Å². The quantitative estimate of drug-likeness (QED) is 0.354. The van der Waals surface area contributed by atoms with Crippen LogP contribution in [0.1, 0.15) is 97.3 Å². The van der Waals surface area contributed by atoms with Crippen LogP contribution in [0.25, 0.3) is 0 Å². The molecule has 142 valence electrons. The van der Waals surface area contributed by atoms with Gasteiger partial charge in [0.25, 0.3) is 0 Å². The van der Waals surface area contributed by atoms with E-state index in [1.165, 1.54) is 82.6 Å². The molecule has 0 bridgehead atoms. The zero-order chi connectivity index (χ0) is 16.8. The molecule has 1 atom stereocenters. The molecule has 0 aromatic carbocycles. The molecule has 0 amide bonds. The Balaban J connectivity index is 0.00000529. The van der Waals surface area contributed by atoms with Crippen molar-refractivity contribution in [2.24, 2.45) is 0 Å². The van der Waals surface area contributed by atoms with Crippen LogP contribution < -0.4 is 0 Å². The van der Waals surface area contributed by atoms with Crippen molar-refractivity contribution in [3.63, 3.8) is 0 Å². The third-order valence-electron chi connectivity index (χ3n) is 4.86. The van der Waals surface area contributed by atoms with E-state index in [0.717, 1.165) is 13.0 Å². The molecule has 0 saturated heterocycles. The highest BCUT2D eigenvalue weighted by atomic mass is 35.5. The van der Waals surface area contributed by atoms with Crippen molar-refractivity contribution in [3.8, 4) is 0 Å². The Morgan fingerprint density at radius 1 is 0.833 bits per heavy atom. The van der Waals surface area contributed by atoms with Crippen LogP contribution in [0.3, 0.4) is 0 Å². The van der Waals surface area contributed by atoms with Gasteiger partial charge in [-0.1, -0.05) is 84.5 Å². The maximum atomic E-state index is 10.0. The predicted octanol–water partition coefficient (Wildman–Crippen LogP) is 6.59. The summed E-state index contributed by atoms with van der Waals surface area (Å²) >= 11 is 0. The average molecular weight is 358 g/mol. The van der Waals surface area contributed by atoms with Crippen molar-refractivity contribution in [3.05, 3.63) is 23.9 Å². The first-order chi connectivity index (χ1) is 11.3. The molecule has 0 aromatic rings. The SMILES string of the molecule is CCCCCCCCCCCCCCN1C=CC(CC)=CC1O.Cl. The fourth-order valence-electron chi connectivity index (χ4n) is 3.20. The Labute approximate surface area is 156 Å². The molecule has 24 heavy (non-hydrogen) atoms. The van der Waals surface area contributed by atoms with Gasteiger partial charge in [-0.25, -0.2) is 0 Å². The van der Waals surface area contributed by atoms with Crippen molar-refractivity contribution in [1.82, 2.24) is 4.90 Å². The van der Waals surface area contributed by atoms with Gasteiger partial charge in [-0.2, -0.15) is 0 Å². The zero-order valence-electron chi connectivity index (χ0n) is 16.0. The maximum Gasteiger partial charge on any atom is 0.146 e. The molecule has 0 radical (unpaired) electrons. The summed E-state index contributed by atoms with van der Waals surface area (Å²) in [4.78, 5) is 2.05. The summed E-state index contributed by atoms with van der Waals surface area (Å²) in [5.41, 5.74) is 1.24. The average Bonchev–Trinajstić information content (AvgIpc) is 2.57. The Morgan fingerprint density at radius 3 is 1.79 bits per heavy atom. The second-order valence-corrected chi connectivity index (χ2v) is 6.95. The predicted molar refractivity (Wildman–Crippen MR) is 109 cm³/mol. The fourth-order valence-corrected chi connectivity index (χ4v) is 3.20. The second-order valence-electron chi connectivity index (χ2n) is 6.95. The summed E-state index contributed by atoms with van der Waals surface area (Å²) in [5, 5.41) is 10.0. The minimum absolute atomic E-state index is 0. The van der Waals surface area contributed by atoms with Gasteiger partial charge in [-0.15, -0.1) is 12.4 Å². The van der Waals surface area contributed by atoms with Gasteiger partial charge in [-0.05, 0) is 30.6 Å². The van der Waals surface area contributed by atoms with Gasteiger partial charge < -0.3 is 10.0 Å². The zero-order valence-corrected chi connectivity index (χ0v) is 16.8. The third kappa shape index (κ3) is 11.1. The summed E-state index contributed by atoms with van der Waals surface area (Å²) in [7, 11) is 0. The van der Waals surface area contributed by atoms with Crippen molar-refractivity contribution >= 4 is 12.4 Å². The fraction of sp³-hybridized carbons (Fsp3) is 0.810. The highest BCUT2D eigenvalue weighted by Gasteiger charge is 2.12. The molecule has 1 aliphatic rings. The van der Waals surface area contributed by atoms with Gasteiger partial charge in [0.15, 0.2) is 0 Å². The summed E-state index contributed by atoms with van der Waals surface area (Å²) in [5.74, 6) is 0. The number of hydrogen-bond donors (Lipinski definition) is 1. The van der Waals surface area contributed by atoms with E-state index in [0.29, 0.717) is 0 Å². The lowest BCUT2D eigenvalue weighted by Crippen LogP contribution is -2.31. The molecule has 1 rings (SSSR count). The van der Waals surface area contributed by atoms with Gasteiger partial charge >= 0.3 is 0 Å². The van der Waals surface area contributed by atoms with Crippen LogP contribution in [-0.2, 0) is 0 Å². The molecule has 0 saturated carbocycles. The molecule has 0 spiro atoms. The Kier molecular flexibility index (Phi) is 15.7. The molecular weight excluding hydrogens is 318 g/mol. The van der Waals surface area contributed by atoms with Gasteiger partial charge in [0, 0.05) is 12.7 Å². The normalized spacial score (nSPS) is 16.9. The lowest BCUT2D eigenvalue weighted by Gasteiger charge is -2.28. The molecule has 0 aromatic heterocycles. The minimum atomic E-state index is -0.414. The summed E-state index contributed by atoms with van der Waals surface area (Å²) in [6, 6.07) is 0. The summed E-state index contributed by atoms with van der Waals surface area (Å²) in [6.07, 6.45) is 23.3. The highest BCUT2D eigenvalue weighted by Crippen LogP contribution is 2.16. The lowest BCUT2D eigenvalue weighted by atomic mass is 10.0. The number of rotatable bonds is 14. The van der Waals surface area contributed by atoms with Gasteiger partial charge in [0.2, 0.25) is 0 Å². The van der Waals surface area contributed by atoms with E-state index in [4.69, 9.17) is 0 Å². The lowest BCUT2D eigenvalue weighted by molar-refractivity contribution is 0.0751. The number of halogens is 1. The van der Waals surface area contributed by atoms with E-state index >= 15 is 0 Å². The first-order valence-corrected chi connectivity index (χ1v) is 10.1. The number of nitrogens with zero attached hydrogens (tertiary/aromatic N) is 1. The number of aliphatic hydroxyl groups is 1. The first kappa shape index (κ1) is 23.5. The van der Waals surface area contributed by atoms with Crippen LogP contribution in [0, 0.1) is 0 Å². The molecular formula is C21H40ClNO. The summed E-state index contributed by atoms with van der Waals surface area (Å²) in [6.45, 7) is 5.38. The van der Waals surface area contributed by atoms with Crippen LogP contribution in [0.4, 0.5) is 0 Å². The van der Waals surface area contributed by atoms with Gasteiger partial charge in [-0.3, -0.25) is 0 Å². The number of aliphatic hydroxyl groups excluding tert-OH is 1. The van der Waals surface area contributed by atoms with Crippen LogP contribution in [0.5, 0.6) is 0 Å². The van der Waals surface area contributed by atoms with Crippen LogP contribution >= 0.6 is 12.4 Å². The van der Waals surface area contributed by atoms with E-state index in [1.54, 1.807) is 0 Å². The molecule has 2 nitrogen and oxygen atoms in total. The third-order valence-corrected chi connectivity index (χ3v) is 4.86. The minimum Gasteiger partial charge on any atom is -0.370 e. The number of hydrogen-bond acceptors (Lipinski definition) is 2. The van der Waals surface area contributed by atoms with Gasteiger partial charge in [0.05, 0.1) is 0 Å². The van der Waals surface area contributed by atoms with E-state index in [-0.39, 0.29) is 12.4 Å². The Morgan fingerprint density at radius 2 is 1.33 bits per heavy atom. The van der Waals surface area contributed by atoms with Crippen molar-refractivity contribution < 1.29 is 5.11 Å². The van der Waals surface area contributed by atoms with Crippen LogP contribution in [-0.4, -0.2) is 22.8 Å². The molecule has 3 heteroatoms. The molecule has 1 aliphatic heterocycles. The largest absolute Gasteiger partial charge is 0.370 e. The molecule has 0 fully saturated rings. The van der Waals surface area contributed by atoms with Crippen LogP contribution in [0.15, 0.2) is 23.9 Å². The molecule has 0 aliphatic carbocycles. The van der Waals surface area contributed by atoms with Crippen LogP contribution in [0.2, 0.25) is 0 Å². The second kappa shape index (κ2) is 16.0. The maximum absolute atomic E-state index is 10.0. The smallest absolute Gasteiger partial charge is 0.146 e. The van der Waals surface area contributed by atoms with E-state index in [2.05, 4.69) is 31.0 Å². The van der Waals surface area contributed by atoms with Crippen molar-refractivity contribution in [2.45, 2.75) is 104 Å². The van der Waals surface area contributed by atoms with Crippen molar-refractivity contribution in [1.29, 1.82) is 0 Å². The first-order valence-electron chi connectivity index (χ1n) is 10.1. The highest BCUT2D eigenvalue weighted by molar-refractivity contribution is 5.85. The molecule has 1 heterocycles.